The Hall–Kier alpha value is -2.52. The highest BCUT2D eigenvalue weighted by atomic mass is 32.1. The molecule has 3 fully saturated rings. The van der Waals surface area contributed by atoms with Crippen LogP contribution in [0.25, 0.3) is 10.6 Å². The second kappa shape index (κ2) is 7.72. The fourth-order valence-electron chi connectivity index (χ4n) is 4.38. The first kappa shape index (κ1) is 18.5. The predicted octanol–water partition coefficient (Wildman–Crippen LogP) is 3.60. The van der Waals surface area contributed by atoms with Crippen LogP contribution in [0.2, 0.25) is 0 Å². The number of thiophene rings is 1. The molecule has 6 rings (SSSR count). The quantitative estimate of drug-likeness (QED) is 0.682. The molecular formula is C24H23N3OS. The van der Waals surface area contributed by atoms with Gasteiger partial charge in [-0.15, -0.1) is 11.3 Å². The number of aliphatic hydroxyl groups is 1. The molecule has 2 bridgehead atoms. The van der Waals surface area contributed by atoms with E-state index in [2.05, 4.69) is 57.0 Å². The summed E-state index contributed by atoms with van der Waals surface area (Å²) in [5, 5.41) is 11.2. The summed E-state index contributed by atoms with van der Waals surface area (Å²) < 4.78 is 0. The SMILES string of the molecule is OC1(C#Cc2sc(-c3cnccn3)cc2Cc2ccccc2)CN2CCC1CC2. The molecule has 0 aliphatic carbocycles. The van der Waals surface area contributed by atoms with E-state index in [9.17, 15) is 5.11 Å². The van der Waals surface area contributed by atoms with Crippen molar-refractivity contribution in [3.05, 3.63) is 71.0 Å². The lowest BCUT2D eigenvalue weighted by Gasteiger charge is -2.47. The Morgan fingerprint density at radius 3 is 2.69 bits per heavy atom. The zero-order chi connectivity index (χ0) is 19.7. The van der Waals surface area contributed by atoms with Gasteiger partial charge in [0.15, 0.2) is 0 Å². The molecule has 0 saturated carbocycles. The molecular weight excluding hydrogens is 378 g/mol. The number of aromatic nitrogens is 2. The third kappa shape index (κ3) is 3.84. The van der Waals surface area contributed by atoms with Crippen molar-refractivity contribution < 1.29 is 5.11 Å². The maximum atomic E-state index is 11.2. The highest BCUT2D eigenvalue weighted by Crippen LogP contribution is 2.36. The topological polar surface area (TPSA) is 49.3 Å². The largest absolute Gasteiger partial charge is 0.376 e. The second-order valence-electron chi connectivity index (χ2n) is 7.94. The fraction of sp³-hybridized carbons (Fsp3) is 0.333. The fourth-order valence-corrected chi connectivity index (χ4v) is 5.37. The lowest BCUT2D eigenvalue weighted by Crippen LogP contribution is -2.58. The van der Waals surface area contributed by atoms with Gasteiger partial charge in [-0.25, -0.2) is 0 Å². The van der Waals surface area contributed by atoms with E-state index in [1.54, 1.807) is 29.9 Å². The number of hydrogen-bond donors (Lipinski definition) is 1. The van der Waals surface area contributed by atoms with Crippen LogP contribution in [0.1, 0.15) is 28.8 Å². The van der Waals surface area contributed by atoms with Crippen molar-refractivity contribution in [2.45, 2.75) is 24.9 Å². The summed E-state index contributed by atoms with van der Waals surface area (Å²) >= 11 is 1.64. The Bertz CT molecular complexity index is 1050. The molecule has 146 valence electrons. The number of piperidine rings is 3. The van der Waals surface area contributed by atoms with Gasteiger partial charge in [-0.05, 0) is 49.5 Å². The van der Waals surface area contributed by atoms with Crippen LogP contribution in [0.5, 0.6) is 0 Å². The maximum Gasteiger partial charge on any atom is 0.141 e. The van der Waals surface area contributed by atoms with Gasteiger partial charge in [0.1, 0.15) is 5.60 Å². The van der Waals surface area contributed by atoms with Gasteiger partial charge in [0.05, 0.1) is 21.6 Å². The van der Waals surface area contributed by atoms with Gasteiger partial charge in [-0.1, -0.05) is 42.2 Å². The van der Waals surface area contributed by atoms with Crippen molar-refractivity contribution >= 4 is 11.3 Å². The molecule has 0 radical (unpaired) electrons. The van der Waals surface area contributed by atoms with Crippen LogP contribution in [-0.4, -0.2) is 45.2 Å². The summed E-state index contributed by atoms with van der Waals surface area (Å²) in [5.41, 5.74) is 2.40. The Morgan fingerprint density at radius 2 is 2.00 bits per heavy atom. The average Bonchev–Trinajstić information content (AvgIpc) is 3.17. The smallest absolute Gasteiger partial charge is 0.141 e. The molecule has 3 aromatic rings. The van der Waals surface area contributed by atoms with E-state index in [-0.39, 0.29) is 5.92 Å². The first-order valence-electron chi connectivity index (χ1n) is 10.1. The molecule has 3 saturated heterocycles. The van der Waals surface area contributed by atoms with Crippen LogP contribution < -0.4 is 0 Å². The summed E-state index contributed by atoms with van der Waals surface area (Å²) in [5.74, 6) is 6.93. The molecule has 1 N–H and O–H groups in total. The Morgan fingerprint density at radius 1 is 1.17 bits per heavy atom. The van der Waals surface area contributed by atoms with E-state index in [0.717, 1.165) is 47.8 Å². The van der Waals surface area contributed by atoms with Gasteiger partial charge >= 0.3 is 0 Å². The minimum absolute atomic E-state index is 0.289. The average molecular weight is 402 g/mol. The second-order valence-corrected chi connectivity index (χ2v) is 8.99. The van der Waals surface area contributed by atoms with E-state index in [0.29, 0.717) is 6.54 Å². The molecule has 1 aromatic carbocycles. The summed E-state index contributed by atoms with van der Waals surface area (Å²) in [4.78, 5) is 13.1. The standard InChI is InChI=1S/C24H23N3OS/c28-24(17-27-12-7-20(24)8-13-27)9-6-22-19(14-18-4-2-1-3-5-18)15-23(29-22)21-16-25-10-11-26-21/h1-5,10-11,15-16,20,28H,7-8,12-14,17H2. The molecule has 5 heteroatoms. The monoisotopic (exact) mass is 401 g/mol. The van der Waals surface area contributed by atoms with E-state index in [1.807, 2.05) is 6.07 Å². The molecule has 0 spiro atoms. The highest BCUT2D eigenvalue weighted by Gasteiger charge is 2.44. The first-order chi connectivity index (χ1) is 14.2. The lowest BCUT2D eigenvalue weighted by molar-refractivity contribution is -0.0713. The zero-order valence-corrected chi connectivity index (χ0v) is 17.0. The molecule has 1 unspecified atom stereocenters. The van der Waals surface area contributed by atoms with Crippen molar-refractivity contribution in [1.29, 1.82) is 0 Å². The number of fused-ring (bicyclic) bond motifs is 3. The first-order valence-corrected chi connectivity index (χ1v) is 10.9. The number of hydrogen-bond acceptors (Lipinski definition) is 5. The third-order valence-electron chi connectivity index (χ3n) is 5.98. The third-order valence-corrected chi connectivity index (χ3v) is 7.10. The van der Waals surface area contributed by atoms with Crippen molar-refractivity contribution in [2.75, 3.05) is 19.6 Å². The van der Waals surface area contributed by atoms with Crippen molar-refractivity contribution in [2.24, 2.45) is 5.92 Å². The molecule has 5 heterocycles. The van der Waals surface area contributed by atoms with Crippen molar-refractivity contribution in [1.82, 2.24) is 14.9 Å². The van der Waals surface area contributed by atoms with Crippen LogP contribution in [0, 0.1) is 17.8 Å². The van der Waals surface area contributed by atoms with Gasteiger partial charge < -0.3 is 5.11 Å². The molecule has 3 aliphatic heterocycles. The van der Waals surface area contributed by atoms with Crippen LogP contribution >= 0.6 is 11.3 Å². The normalized spacial score (nSPS) is 25.4. The van der Waals surface area contributed by atoms with E-state index >= 15 is 0 Å². The molecule has 3 aliphatic rings. The van der Waals surface area contributed by atoms with Crippen molar-refractivity contribution in [3.63, 3.8) is 0 Å². The minimum Gasteiger partial charge on any atom is -0.376 e. The number of benzene rings is 1. The lowest BCUT2D eigenvalue weighted by atomic mass is 9.76. The van der Waals surface area contributed by atoms with Crippen molar-refractivity contribution in [3.8, 4) is 22.4 Å². The number of nitrogens with zero attached hydrogens (tertiary/aromatic N) is 3. The highest BCUT2D eigenvalue weighted by molar-refractivity contribution is 7.16. The summed E-state index contributed by atoms with van der Waals surface area (Å²) in [6.45, 7) is 2.84. The minimum atomic E-state index is -0.892. The van der Waals surface area contributed by atoms with Gasteiger partial charge in [0.2, 0.25) is 0 Å². The van der Waals surface area contributed by atoms with Gasteiger partial charge in [-0.2, -0.15) is 0 Å². The van der Waals surface area contributed by atoms with Gasteiger partial charge in [0, 0.05) is 24.9 Å². The van der Waals surface area contributed by atoms with E-state index < -0.39 is 5.60 Å². The van der Waals surface area contributed by atoms with E-state index in [4.69, 9.17) is 0 Å². The number of rotatable bonds is 3. The molecule has 29 heavy (non-hydrogen) atoms. The molecule has 0 amide bonds. The summed E-state index contributed by atoms with van der Waals surface area (Å²) in [7, 11) is 0. The predicted molar refractivity (Wildman–Crippen MR) is 116 cm³/mol. The van der Waals surface area contributed by atoms with Crippen LogP contribution in [0.3, 0.4) is 0 Å². The Labute approximate surface area is 175 Å². The van der Waals surface area contributed by atoms with Gasteiger partial charge in [-0.3, -0.25) is 14.9 Å². The molecule has 4 nitrogen and oxygen atoms in total. The Balaban J connectivity index is 1.50. The molecule has 2 aromatic heterocycles. The van der Waals surface area contributed by atoms with Gasteiger partial charge in [0.25, 0.3) is 0 Å². The summed E-state index contributed by atoms with van der Waals surface area (Å²) in [6, 6.07) is 12.6. The summed E-state index contributed by atoms with van der Waals surface area (Å²) in [6.07, 6.45) is 8.08. The Kier molecular flexibility index (Phi) is 4.92. The molecule has 1 atom stereocenters. The maximum absolute atomic E-state index is 11.2. The van der Waals surface area contributed by atoms with Crippen LogP contribution in [0.15, 0.2) is 55.0 Å². The van der Waals surface area contributed by atoms with E-state index in [1.165, 1.54) is 11.1 Å². The van der Waals surface area contributed by atoms with Crippen LogP contribution in [-0.2, 0) is 6.42 Å². The zero-order valence-electron chi connectivity index (χ0n) is 16.2. The van der Waals surface area contributed by atoms with Crippen LogP contribution in [0.4, 0.5) is 0 Å².